The fourth-order valence-electron chi connectivity index (χ4n) is 3.19. The van der Waals surface area contributed by atoms with E-state index >= 15 is 0 Å². The second-order valence-corrected chi connectivity index (χ2v) is 5.07. The van der Waals surface area contributed by atoms with Gasteiger partial charge in [-0.2, -0.15) is 0 Å². The van der Waals surface area contributed by atoms with Gasteiger partial charge in [-0.1, -0.05) is 0 Å². The molecular formula is C14H17NO4. The molecule has 0 aromatic carbocycles. The molecule has 0 saturated carbocycles. The summed E-state index contributed by atoms with van der Waals surface area (Å²) in [7, 11) is 1.64. The Morgan fingerprint density at radius 2 is 2.16 bits per heavy atom. The van der Waals surface area contributed by atoms with Crippen LogP contribution >= 0.6 is 0 Å². The quantitative estimate of drug-likeness (QED) is 0.766. The van der Waals surface area contributed by atoms with Crippen molar-refractivity contribution in [2.24, 2.45) is 0 Å². The van der Waals surface area contributed by atoms with E-state index in [1.54, 1.807) is 7.11 Å². The molecule has 0 bridgehead atoms. The smallest absolute Gasteiger partial charge is 0.308 e. The second kappa shape index (κ2) is 4.49. The van der Waals surface area contributed by atoms with Crippen LogP contribution in [0.25, 0.3) is 0 Å². The van der Waals surface area contributed by atoms with E-state index in [1.807, 2.05) is 0 Å². The Labute approximate surface area is 111 Å². The summed E-state index contributed by atoms with van der Waals surface area (Å²) >= 11 is 0. The van der Waals surface area contributed by atoms with Crippen molar-refractivity contribution in [3.8, 4) is 5.75 Å². The number of fused-ring (bicyclic) bond motifs is 3. The highest BCUT2D eigenvalue weighted by molar-refractivity contribution is 6.02. The molecule has 1 unspecified atom stereocenters. The number of carbonyl (C=O) groups excluding carboxylic acids is 2. The van der Waals surface area contributed by atoms with E-state index in [-0.39, 0.29) is 11.9 Å². The maximum atomic E-state index is 12.1. The number of ketones is 1. The van der Waals surface area contributed by atoms with Gasteiger partial charge in [0, 0.05) is 32.7 Å². The molecule has 0 fully saturated rings. The summed E-state index contributed by atoms with van der Waals surface area (Å²) in [5.41, 5.74) is 2.48. The summed E-state index contributed by atoms with van der Waals surface area (Å²) in [6, 6.07) is 0. The summed E-state index contributed by atoms with van der Waals surface area (Å²) < 4.78 is 12.9. The third-order valence-corrected chi connectivity index (χ3v) is 3.91. The molecule has 0 radical (unpaired) electrons. The number of carbonyl (C=O) groups is 2. The topological polar surface area (TPSA) is 57.5 Å². The lowest BCUT2D eigenvalue weighted by Gasteiger charge is -2.14. The minimum Gasteiger partial charge on any atom is -0.424 e. The molecule has 1 aliphatic heterocycles. The van der Waals surface area contributed by atoms with Crippen LogP contribution in [-0.4, -0.2) is 23.4 Å². The highest BCUT2D eigenvalue weighted by Gasteiger charge is 2.37. The van der Waals surface area contributed by atoms with Crippen molar-refractivity contribution >= 4 is 11.8 Å². The fourth-order valence-corrected chi connectivity index (χ4v) is 3.19. The minimum absolute atomic E-state index is 0.0780. The lowest BCUT2D eigenvalue weighted by atomic mass is 9.95. The molecule has 0 saturated heterocycles. The number of esters is 1. The molecule has 1 atom stereocenters. The van der Waals surface area contributed by atoms with Crippen LogP contribution in [0.2, 0.25) is 0 Å². The van der Waals surface area contributed by atoms with Crippen molar-refractivity contribution in [3.63, 3.8) is 0 Å². The van der Waals surface area contributed by atoms with Gasteiger partial charge in [0.05, 0.1) is 11.3 Å². The van der Waals surface area contributed by atoms with E-state index in [0.29, 0.717) is 17.7 Å². The van der Waals surface area contributed by atoms with Crippen LogP contribution in [0.15, 0.2) is 0 Å². The number of hydrogen-bond acceptors (Lipinski definition) is 4. The monoisotopic (exact) mass is 263 g/mol. The molecule has 102 valence electrons. The number of rotatable bonds is 2. The van der Waals surface area contributed by atoms with E-state index < -0.39 is 5.97 Å². The Morgan fingerprint density at radius 3 is 2.84 bits per heavy atom. The molecule has 2 aliphatic rings. The van der Waals surface area contributed by atoms with Crippen LogP contribution in [0.4, 0.5) is 0 Å². The number of ether oxygens (including phenoxy) is 2. The molecule has 0 spiro atoms. The Morgan fingerprint density at radius 1 is 1.37 bits per heavy atom. The maximum Gasteiger partial charge on any atom is 0.308 e. The van der Waals surface area contributed by atoms with Gasteiger partial charge in [0.25, 0.3) is 0 Å². The average molecular weight is 263 g/mol. The van der Waals surface area contributed by atoms with Gasteiger partial charge in [-0.3, -0.25) is 9.59 Å². The van der Waals surface area contributed by atoms with Gasteiger partial charge in [0.15, 0.2) is 11.5 Å². The summed E-state index contributed by atoms with van der Waals surface area (Å²) in [6.45, 7) is 2.19. The third kappa shape index (κ3) is 1.80. The largest absolute Gasteiger partial charge is 0.424 e. The molecule has 5 heteroatoms. The summed E-state index contributed by atoms with van der Waals surface area (Å²) in [5.74, 6) is 0.127. The summed E-state index contributed by atoms with van der Waals surface area (Å²) in [6.07, 6.45) is 3.04. The van der Waals surface area contributed by atoms with Gasteiger partial charge in [-0.15, -0.1) is 0 Å². The molecular weight excluding hydrogens is 246 g/mol. The van der Waals surface area contributed by atoms with Crippen molar-refractivity contribution in [1.82, 2.24) is 4.57 Å². The number of hydrogen-bond donors (Lipinski definition) is 0. The Hall–Kier alpha value is -1.62. The number of methoxy groups -OCH3 is 1. The molecule has 3 rings (SSSR count). The summed E-state index contributed by atoms with van der Waals surface area (Å²) in [5, 5.41) is 0. The van der Waals surface area contributed by atoms with Crippen LogP contribution in [0.1, 0.15) is 54.0 Å². The van der Waals surface area contributed by atoms with E-state index in [9.17, 15) is 9.59 Å². The number of nitrogens with zero attached hydrogens (tertiary/aromatic N) is 1. The Bertz CT molecular complexity index is 558. The highest BCUT2D eigenvalue weighted by Crippen LogP contribution is 2.44. The van der Waals surface area contributed by atoms with Crippen molar-refractivity contribution in [2.45, 2.75) is 45.3 Å². The second-order valence-electron chi connectivity index (χ2n) is 5.07. The Balaban J connectivity index is 2.19. The first kappa shape index (κ1) is 12.4. The molecule has 0 amide bonds. The maximum absolute atomic E-state index is 12.1. The van der Waals surface area contributed by atoms with Gasteiger partial charge in [0.1, 0.15) is 6.10 Å². The first-order chi connectivity index (χ1) is 9.13. The third-order valence-electron chi connectivity index (χ3n) is 3.91. The van der Waals surface area contributed by atoms with Crippen LogP contribution < -0.4 is 4.74 Å². The predicted octanol–water partition coefficient (Wildman–Crippen LogP) is 2.02. The zero-order chi connectivity index (χ0) is 13.6. The first-order valence-corrected chi connectivity index (χ1v) is 6.63. The van der Waals surface area contributed by atoms with E-state index in [4.69, 9.17) is 9.47 Å². The van der Waals surface area contributed by atoms with E-state index in [0.717, 1.165) is 37.2 Å². The van der Waals surface area contributed by atoms with Crippen molar-refractivity contribution in [1.29, 1.82) is 0 Å². The van der Waals surface area contributed by atoms with Gasteiger partial charge in [-0.25, -0.2) is 0 Å². The van der Waals surface area contributed by atoms with Crippen molar-refractivity contribution in [3.05, 3.63) is 17.0 Å². The van der Waals surface area contributed by atoms with Gasteiger partial charge >= 0.3 is 5.97 Å². The molecule has 0 N–H and O–H groups in total. The zero-order valence-corrected chi connectivity index (χ0v) is 11.2. The minimum atomic E-state index is -0.392. The predicted molar refractivity (Wildman–Crippen MR) is 67.4 cm³/mol. The van der Waals surface area contributed by atoms with Crippen molar-refractivity contribution < 1.29 is 19.1 Å². The van der Waals surface area contributed by atoms with Crippen molar-refractivity contribution in [2.75, 3.05) is 7.11 Å². The molecule has 2 heterocycles. The number of Topliss-reactive ketones (excluding diaryl/α,β-unsaturated/α-hetero) is 1. The first-order valence-electron chi connectivity index (χ1n) is 6.63. The fraction of sp³-hybridized carbons (Fsp3) is 0.571. The standard InChI is InChI=1S/C14H17NO4/c1-8(16)19-14-12-9(4-3-5-10(12)17)15-7-6-11(18-2)13(14)15/h11H,3-7H2,1-2H3. The van der Waals surface area contributed by atoms with Gasteiger partial charge in [0.2, 0.25) is 0 Å². The van der Waals surface area contributed by atoms with Gasteiger partial charge in [-0.05, 0) is 19.3 Å². The molecule has 1 aromatic heterocycles. The zero-order valence-electron chi connectivity index (χ0n) is 11.2. The normalized spacial score (nSPS) is 21.2. The lowest BCUT2D eigenvalue weighted by Crippen LogP contribution is -2.14. The van der Waals surface area contributed by atoms with Crippen LogP contribution in [0.3, 0.4) is 0 Å². The average Bonchev–Trinajstić information content (AvgIpc) is 2.90. The SMILES string of the molecule is COC1CCn2c3c(c(OC(C)=O)c21)C(=O)CCC3. The molecule has 1 aliphatic carbocycles. The summed E-state index contributed by atoms with van der Waals surface area (Å²) in [4.78, 5) is 23.5. The molecule has 1 aromatic rings. The number of aromatic nitrogens is 1. The highest BCUT2D eigenvalue weighted by atomic mass is 16.5. The van der Waals surface area contributed by atoms with Crippen LogP contribution in [0.5, 0.6) is 5.75 Å². The van der Waals surface area contributed by atoms with E-state index in [1.165, 1.54) is 6.92 Å². The lowest BCUT2D eigenvalue weighted by molar-refractivity contribution is -0.132. The molecule has 19 heavy (non-hydrogen) atoms. The van der Waals surface area contributed by atoms with E-state index in [2.05, 4.69) is 4.57 Å². The van der Waals surface area contributed by atoms with Crippen LogP contribution in [0, 0.1) is 0 Å². The Kier molecular flexibility index (Phi) is 2.93. The van der Waals surface area contributed by atoms with Gasteiger partial charge < -0.3 is 14.0 Å². The van der Waals surface area contributed by atoms with Crippen LogP contribution in [-0.2, 0) is 22.5 Å². The molecule has 5 nitrogen and oxygen atoms in total.